The van der Waals surface area contributed by atoms with E-state index in [1.807, 2.05) is 32.2 Å². The lowest BCUT2D eigenvalue weighted by Gasteiger charge is -2.09. The Kier molecular flexibility index (Phi) is 3.96. The van der Waals surface area contributed by atoms with E-state index < -0.39 is 0 Å². The Morgan fingerprint density at radius 3 is 2.77 bits per heavy atom. The van der Waals surface area contributed by atoms with Crippen LogP contribution in [0.2, 0.25) is 0 Å². The Bertz CT molecular complexity index is 699. The van der Waals surface area contributed by atoms with Gasteiger partial charge in [0.15, 0.2) is 0 Å². The van der Waals surface area contributed by atoms with Crippen LogP contribution in [0.1, 0.15) is 36.3 Å². The molecule has 1 N–H and O–H groups in total. The van der Waals surface area contributed by atoms with Crippen LogP contribution in [0.25, 0.3) is 0 Å². The third kappa shape index (κ3) is 3.03. The number of aryl methyl sites for hydroxylation is 1. The van der Waals surface area contributed by atoms with Crippen LogP contribution in [0.4, 0.5) is 0 Å². The Balaban J connectivity index is 1.65. The van der Waals surface area contributed by atoms with Crippen molar-refractivity contribution in [1.29, 1.82) is 0 Å². The molecule has 1 aromatic carbocycles. The van der Waals surface area contributed by atoms with Crippen LogP contribution in [0.5, 0.6) is 5.75 Å². The van der Waals surface area contributed by atoms with Crippen molar-refractivity contribution in [2.75, 3.05) is 0 Å². The molecule has 1 amide bonds. The first-order valence-corrected chi connectivity index (χ1v) is 7.42. The quantitative estimate of drug-likeness (QED) is 0.882. The molecule has 0 spiro atoms. The molecule has 1 aromatic heterocycles. The highest BCUT2D eigenvalue weighted by atomic mass is 16.5. The number of carbonyl (C=O) groups excluding carboxylic acids is 1. The van der Waals surface area contributed by atoms with E-state index in [2.05, 4.69) is 15.1 Å². The van der Waals surface area contributed by atoms with Crippen LogP contribution in [-0.4, -0.2) is 22.3 Å². The molecule has 1 aliphatic heterocycles. The van der Waals surface area contributed by atoms with Crippen LogP contribution >= 0.6 is 0 Å². The maximum absolute atomic E-state index is 12.1. The molecule has 1 aliphatic rings. The molecule has 0 aliphatic carbocycles. The molecular formula is C17H19N3O2. The normalized spacial score (nSPS) is 15.1. The highest BCUT2D eigenvalue weighted by molar-refractivity contribution is 6.02. The van der Waals surface area contributed by atoms with Crippen molar-refractivity contribution in [1.82, 2.24) is 9.99 Å². The highest BCUT2D eigenvalue weighted by Crippen LogP contribution is 2.16. The largest absolute Gasteiger partial charge is 0.491 e. The van der Waals surface area contributed by atoms with Crippen LogP contribution < -0.4 is 10.2 Å². The second-order valence-electron chi connectivity index (χ2n) is 5.53. The van der Waals surface area contributed by atoms with Crippen molar-refractivity contribution in [3.05, 3.63) is 53.9 Å². The molecule has 5 nitrogen and oxygen atoms in total. The molecule has 0 saturated heterocycles. The first-order valence-electron chi connectivity index (χ1n) is 7.42. The highest BCUT2D eigenvalue weighted by Gasteiger charge is 2.16. The zero-order valence-electron chi connectivity index (χ0n) is 12.7. The third-order valence-electron chi connectivity index (χ3n) is 3.50. The summed E-state index contributed by atoms with van der Waals surface area (Å²) in [6, 6.07) is 11.1. The minimum absolute atomic E-state index is 0.115. The SMILES string of the molecule is CC(C)Oc1ccc(C(=O)N/N=C2/CCn3cccc32)cc1. The van der Waals surface area contributed by atoms with Crippen LogP contribution in [0, 0.1) is 0 Å². The number of amides is 1. The number of hydrogen-bond donors (Lipinski definition) is 1. The smallest absolute Gasteiger partial charge is 0.271 e. The van der Waals surface area contributed by atoms with Crippen molar-refractivity contribution < 1.29 is 9.53 Å². The summed E-state index contributed by atoms with van der Waals surface area (Å²) in [5.74, 6) is 0.542. The minimum atomic E-state index is -0.214. The predicted octanol–water partition coefficient (Wildman–Crippen LogP) is 2.81. The van der Waals surface area contributed by atoms with Gasteiger partial charge in [0.05, 0.1) is 17.5 Å². The van der Waals surface area contributed by atoms with Gasteiger partial charge >= 0.3 is 0 Å². The second kappa shape index (κ2) is 6.05. The molecule has 0 unspecified atom stereocenters. The number of benzene rings is 1. The molecule has 0 atom stereocenters. The summed E-state index contributed by atoms with van der Waals surface area (Å²) >= 11 is 0. The first kappa shape index (κ1) is 14.4. The van der Waals surface area contributed by atoms with E-state index in [-0.39, 0.29) is 12.0 Å². The number of fused-ring (bicyclic) bond motifs is 1. The van der Waals surface area contributed by atoms with E-state index >= 15 is 0 Å². The maximum atomic E-state index is 12.1. The summed E-state index contributed by atoms with van der Waals surface area (Å²) in [6.45, 7) is 4.85. The summed E-state index contributed by atoms with van der Waals surface area (Å²) in [6.07, 6.45) is 2.98. The van der Waals surface area contributed by atoms with Gasteiger partial charge in [0.2, 0.25) is 0 Å². The number of rotatable bonds is 4. The van der Waals surface area contributed by atoms with Gasteiger partial charge in [-0.2, -0.15) is 5.10 Å². The number of carbonyl (C=O) groups is 1. The van der Waals surface area contributed by atoms with Gasteiger partial charge in [0.25, 0.3) is 5.91 Å². The second-order valence-corrected chi connectivity index (χ2v) is 5.53. The monoisotopic (exact) mass is 297 g/mol. The number of aromatic nitrogens is 1. The Morgan fingerprint density at radius 2 is 2.05 bits per heavy atom. The molecular weight excluding hydrogens is 278 g/mol. The van der Waals surface area contributed by atoms with Crippen molar-refractivity contribution in [3.63, 3.8) is 0 Å². The first-order chi connectivity index (χ1) is 10.6. The van der Waals surface area contributed by atoms with Gasteiger partial charge in [-0.3, -0.25) is 4.79 Å². The van der Waals surface area contributed by atoms with Crippen LogP contribution in [-0.2, 0) is 6.54 Å². The fraction of sp³-hybridized carbons (Fsp3) is 0.294. The molecule has 0 bridgehead atoms. The van der Waals surface area contributed by atoms with Crippen LogP contribution in [0.3, 0.4) is 0 Å². The standard InChI is InChI=1S/C17H19N3O2/c1-12(2)22-14-7-5-13(6-8-14)17(21)19-18-15-9-11-20-10-3-4-16(15)20/h3-8,10,12H,9,11H2,1-2H3,(H,19,21)/b18-15-. The zero-order chi connectivity index (χ0) is 15.5. The number of hydrazone groups is 1. The van der Waals surface area contributed by atoms with Crippen molar-refractivity contribution in [2.45, 2.75) is 32.9 Å². The maximum Gasteiger partial charge on any atom is 0.271 e. The zero-order valence-corrected chi connectivity index (χ0v) is 12.7. The van der Waals surface area contributed by atoms with Crippen LogP contribution in [0.15, 0.2) is 47.7 Å². The van der Waals surface area contributed by atoms with E-state index in [1.165, 1.54) is 0 Å². The molecule has 2 aromatic rings. The predicted molar refractivity (Wildman–Crippen MR) is 85.3 cm³/mol. The summed E-state index contributed by atoms with van der Waals surface area (Å²) in [4.78, 5) is 12.1. The van der Waals surface area contributed by atoms with Gasteiger partial charge in [-0.15, -0.1) is 0 Å². The number of ether oxygens (including phenoxy) is 1. The summed E-state index contributed by atoms with van der Waals surface area (Å²) in [5, 5.41) is 4.25. The molecule has 0 radical (unpaired) electrons. The molecule has 3 rings (SSSR count). The minimum Gasteiger partial charge on any atom is -0.491 e. The van der Waals surface area contributed by atoms with Crippen molar-refractivity contribution in [2.24, 2.45) is 5.10 Å². The Labute approximate surface area is 129 Å². The van der Waals surface area contributed by atoms with Crippen molar-refractivity contribution in [3.8, 4) is 5.75 Å². The molecule has 5 heteroatoms. The van der Waals surface area contributed by atoms with E-state index in [9.17, 15) is 4.79 Å². The van der Waals surface area contributed by atoms with Gasteiger partial charge < -0.3 is 9.30 Å². The molecule has 0 saturated carbocycles. The van der Waals surface area contributed by atoms with Gasteiger partial charge in [-0.1, -0.05) is 0 Å². The summed E-state index contributed by atoms with van der Waals surface area (Å²) in [7, 11) is 0. The fourth-order valence-corrected chi connectivity index (χ4v) is 2.48. The fourth-order valence-electron chi connectivity index (χ4n) is 2.48. The third-order valence-corrected chi connectivity index (χ3v) is 3.50. The molecule has 114 valence electrons. The number of nitrogens with one attached hydrogen (secondary N) is 1. The Morgan fingerprint density at radius 1 is 1.27 bits per heavy atom. The van der Waals surface area contributed by atoms with Crippen molar-refractivity contribution >= 4 is 11.6 Å². The van der Waals surface area contributed by atoms with E-state index in [0.717, 1.165) is 30.1 Å². The lowest BCUT2D eigenvalue weighted by atomic mass is 10.2. The average molecular weight is 297 g/mol. The van der Waals surface area contributed by atoms with Gasteiger partial charge in [-0.25, -0.2) is 5.43 Å². The average Bonchev–Trinajstić information content (AvgIpc) is 3.08. The van der Waals surface area contributed by atoms with E-state index in [4.69, 9.17) is 4.74 Å². The summed E-state index contributed by atoms with van der Waals surface area (Å²) < 4.78 is 7.69. The van der Waals surface area contributed by atoms with E-state index in [1.54, 1.807) is 24.3 Å². The Hall–Kier alpha value is -2.56. The lowest BCUT2D eigenvalue weighted by molar-refractivity contribution is 0.0955. The lowest BCUT2D eigenvalue weighted by Crippen LogP contribution is -2.19. The number of hydrogen-bond acceptors (Lipinski definition) is 3. The summed E-state index contributed by atoms with van der Waals surface area (Å²) in [5.41, 5.74) is 5.18. The van der Waals surface area contributed by atoms with Gasteiger partial charge in [0.1, 0.15) is 5.75 Å². The molecule has 2 heterocycles. The van der Waals surface area contributed by atoms with Gasteiger partial charge in [0, 0.05) is 24.7 Å². The van der Waals surface area contributed by atoms with E-state index in [0.29, 0.717) is 5.56 Å². The molecule has 22 heavy (non-hydrogen) atoms. The molecule has 0 fully saturated rings. The van der Waals surface area contributed by atoms with Gasteiger partial charge in [-0.05, 0) is 50.2 Å². The number of nitrogens with zero attached hydrogens (tertiary/aromatic N) is 2. The topological polar surface area (TPSA) is 55.6 Å².